The lowest BCUT2D eigenvalue weighted by molar-refractivity contribution is 0.0947. The molecule has 0 saturated carbocycles. The standard InChI is InChI=1S/C22H22N8O/c1-16(2)29-15-25-27-21(29)19-9-6-10-20(26-19)30(14-18-13-23-11-12-24-18)28-22(31)17-7-4-3-5-8-17/h3-13,15-16H,14H2,1-2H3,(H,28,31). The van der Waals surface area contributed by atoms with Crippen molar-refractivity contribution in [2.75, 3.05) is 5.01 Å². The number of anilines is 1. The predicted molar refractivity (Wildman–Crippen MR) is 116 cm³/mol. The summed E-state index contributed by atoms with van der Waals surface area (Å²) in [5, 5.41) is 9.90. The van der Waals surface area contributed by atoms with E-state index >= 15 is 0 Å². The van der Waals surface area contributed by atoms with Crippen LogP contribution >= 0.6 is 0 Å². The molecule has 1 amide bonds. The van der Waals surface area contributed by atoms with Gasteiger partial charge in [0.2, 0.25) is 0 Å². The van der Waals surface area contributed by atoms with E-state index in [4.69, 9.17) is 4.98 Å². The summed E-state index contributed by atoms with van der Waals surface area (Å²) in [5.74, 6) is 0.957. The summed E-state index contributed by atoms with van der Waals surface area (Å²) >= 11 is 0. The smallest absolute Gasteiger partial charge is 0.269 e. The van der Waals surface area contributed by atoms with Gasteiger partial charge in [-0.15, -0.1) is 10.2 Å². The second kappa shape index (κ2) is 9.12. The van der Waals surface area contributed by atoms with Crippen molar-refractivity contribution in [3.05, 3.63) is 84.7 Å². The summed E-state index contributed by atoms with van der Waals surface area (Å²) in [6.07, 6.45) is 6.55. The summed E-state index contributed by atoms with van der Waals surface area (Å²) in [6.45, 7) is 4.40. The van der Waals surface area contributed by atoms with Crippen molar-refractivity contribution in [2.24, 2.45) is 0 Å². The average Bonchev–Trinajstić information content (AvgIpc) is 3.30. The number of amides is 1. The zero-order valence-corrected chi connectivity index (χ0v) is 17.3. The fourth-order valence-corrected chi connectivity index (χ4v) is 3.03. The maximum Gasteiger partial charge on any atom is 0.269 e. The van der Waals surface area contributed by atoms with Gasteiger partial charge in [0.25, 0.3) is 5.91 Å². The van der Waals surface area contributed by atoms with Crippen molar-refractivity contribution >= 4 is 11.7 Å². The Morgan fingerprint density at radius 2 is 1.94 bits per heavy atom. The number of aromatic nitrogens is 6. The number of hydrazine groups is 1. The predicted octanol–water partition coefficient (Wildman–Crippen LogP) is 3.06. The molecule has 0 atom stereocenters. The van der Waals surface area contributed by atoms with Crippen LogP contribution in [0.25, 0.3) is 11.5 Å². The first-order valence-electron chi connectivity index (χ1n) is 9.87. The van der Waals surface area contributed by atoms with Crippen molar-refractivity contribution in [2.45, 2.75) is 26.4 Å². The van der Waals surface area contributed by atoms with Crippen LogP contribution in [0.1, 0.15) is 35.9 Å². The molecule has 0 saturated heterocycles. The van der Waals surface area contributed by atoms with Crippen LogP contribution in [0, 0.1) is 0 Å². The van der Waals surface area contributed by atoms with E-state index in [0.29, 0.717) is 35.1 Å². The first-order chi connectivity index (χ1) is 15.1. The molecule has 3 heterocycles. The first kappa shape index (κ1) is 20.1. The van der Waals surface area contributed by atoms with Crippen LogP contribution in [0.5, 0.6) is 0 Å². The third-order valence-electron chi connectivity index (χ3n) is 4.58. The van der Waals surface area contributed by atoms with E-state index < -0.39 is 0 Å². The second-order valence-electron chi connectivity index (χ2n) is 7.13. The average molecular weight is 414 g/mol. The van der Waals surface area contributed by atoms with Crippen molar-refractivity contribution in [1.82, 2.24) is 35.1 Å². The van der Waals surface area contributed by atoms with Crippen LogP contribution < -0.4 is 10.4 Å². The van der Waals surface area contributed by atoms with E-state index in [1.807, 2.05) is 41.0 Å². The number of benzene rings is 1. The zero-order valence-electron chi connectivity index (χ0n) is 17.3. The highest BCUT2D eigenvalue weighted by Crippen LogP contribution is 2.21. The molecule has 4 rings (SSSR count). The molecular formula is C22H22N8O. The van der Waals surface area contributed by atoms with E-state index in [1.54, 1.807) is 42.1 Å². The van der Waals surface area contributed by atoms with Gasteiger partial charge in [-0.1, -0.05) is 24.3 Å². The molecule has 0 unspecified atom stereocenters. The SMILES string of the molecule is CC(C)n1cnnc1-c1cccc(N(Cc2cnccn2)NC(=O)c2ccccc2)n1. The topological polar surface area (TPSA) is 102 Å². The number of hydrogen-bond donors (Lipinski definition) is 1. The van der Waals surface area contributed by atoms with Gasteiger partial charge in [-0.3, -0.25) is 25.2 Å². The zero-order chi connectivity index (χ0) is 21.6. The third kappa shape index (κ3) is 4.72. The van der Waals surface area contributed by atoms with Crippen LogP contribution in [0.4, 0.5) is 5.82 Å². The molecule has 156 valence electrons. The van der Waals surface area contributed by atoms with Crippen LogP contribution in [0.3, 0.4) is 0 Å². The van der Waals surface area contributed by atoms with Crippen molar-refractivity contribution in [3.63, 3.8) is 0 Å². The third-order valence-corrected chi connectivity index (χ3v) is 4.58. The minimum atomic E-state index is -0.248. The van der Waals surface area contributed by atoms with E-state index in [1.165, 1.54) is 0 Å². The Morgan fingerprint density at radius 3 is 2.68 bits per heavy atom. The number of nitrogens with zero attached hydrogens (tertiary/aromatic N) is 7. The van der Waals surface area contributed by atoms with Gasteiger partial charge in [-0.05, 0) is 38.1 Å². The molecule has 0 aliphatic carbocycles. The molecule has 31 heavy (non-hydrogen) atoms. The molecule has 3 aromatic heterocycles. The molecular weight excluding hydrogens is 392 g/mol. The Balaban J connectivity index is 1.68. The summed E-state index contributed by atoms with van der Waals surface area (Å²) in [4.78, 5) is 26.0. The molecule has 9 heteroatoms. The number of hydrogen-bond acceptors (Lipinski definition) is 7. The number of carbonyl (C=O) groups excluding carboxylic acids is 1. The van der Waals surface area contributed by atoms with Gasteiger partial charge in [-0.25, -0.2) is 4.98 Å². The second-order valence-corrected chi connectivity index (χ2v) is 7.13. The molecule has 1 aromatic carbocycles. The monoisotopic (exact) mass is 414 g/mol. The van der Waals surface area contributed by atoms with E-state index in [2.05, 4.69) is 39.4 Å². The van der Waals surface area contributed by atoms with Gasteiger partial charge in [0.1, 0.15) is 17.8 Å². The molecule has 9 nitrogen and oxygen atoms in total. The van der Waals surface area contributed by atoms with Gasteiger partial charge >= 0.3 is 0 Å². The molecule has 0 radical (unpaired) electrons. The molecule has 0 aliphatic rings. The van der Waals surface area contributed by atoms with E-state index in [9.17, 15) is 4.79 Å². The van der Waals surface area contributed by atoms with E-state index in [0.717, 1.165) is 0 Å². The van der Waals surface area contributed by atoms with Gasteiger partial charge in [-0.2, -0.15) is 0 Å². The normalized spacial score (nSPS) is 10.8. The highest BCUT2D eigenvalue weighted by Gasteiger charge is 2.17. The fourth-order valence-electron chi connectivity index (χ4n) is 3.03. The minimum absolute atomic E-state index is 0.184. The van der Waals surface area contributed by atoms with Crippen LogP contribution in [0.15, 0.2) is 73.4 Å². The van der Waals surface area contributed by atoms with Crippen molar-refractivity contribution in [1.29, 1.82) is 0 Å². The fraction of sp³-hybridized carbons (Fsp3) is 0.182. The lowest BCUT2D eigenvalue weighted by atomic mass is 10.2. The number of pyridine rings is 1. The Labute approximate surface area is 179 Å². The van der Waals surface area contributed by atoms with Crippen LogP contribution in [-0.2, 0) is 6.54 Å². The number of rotatable bonds is 7. The van der Waals surface area contributed by atoms with Crippen LogP contribution in [0.2, 0.25) is 0 Å². The highest BCUT2D eigenvalue weighted by atomic mass is 16.2. The Hall–Kier alpha value is -4.14. The van der Waals surface area contributed by atoms with Gasteiger partial charge in [0.05, 0.1) is 18.4 Å². The molecule has 0 fully saturated rings. The van der Waals surface area contributed by atoms with Gasteiger partial charge in [0, 0.05) is 24.0 Å². The molecule has 1 N–H and O–H groups in total. The van der Waals surface area contributed by atoms with Crippen LogP contribution in [-0.4, -0.2) is 35.6 Å². The molecule has 0 aliphatic heterocycles. The molecule has 0 spiro atoms. The summed E-state index contributed by atoms with van der Waals surface area (Å²) in [7, 11) is 0. The largest absolute Gasteiger partial charge is 0.310 e. The maximum absolute atomic E-state index is 12.8. The Morgan fingerprint density at radius 1 is 1.10 bits per heavy atom. The van der Waals surface area contributed by atoms with E-state index in [-0.39, 0.29) is 11.9 Å². The summed E-state index contributed by atoms with van der Waals surface area (Å²) in [6, 6.07) is 14.8. The summed E-state index contributed by atoms with van der Waals surface area (Å²) < 4.78 is 1.95. The van der Waals surface area contributed by atoms with Gasteiger partial charge < -0.3 is 4.57 Å². The Bertz CT molecular complexity index is 1140. The number of carbonyl (C=O) groups is 1. The molecule has 0 bridgehead atoms. The maximum atomic E-state index is 12.8. The highest BCUT2D eigenvalue weighted by molar-refractivity contribution is 5.94. The Kier molecular flexibility index (Phi) is 5.93. The minimum Gasteiger partial charge on any atom is -0.310 e. The quantitative estimate of drug-likeness (QED) is 0.464. The van der Waals surface area contributed by atoms with Crippen molar-refractivity contribution in [3.8, 4) is 11.5 Å². The lowest BCUT2D eigenvalue weighted by Gasteiger charge is -2.24. The van der Waals surface area contributed by atoms with Crippen molar-refractivity contribution < 1.29 is 4.79 Å². The molecule has 4 aromatic rings. The summed E-state index contributed by atoms with van der Waals surface area (Å²) in [5.41, 5.74) is 4.82. The first-order valence-corrected chi connectivity index (χ1v) is 9.87. The number of nitrogens with one attached hydrogen (secondary N) is 1. The van der Waals surface area contributed by atoms with Gasteiger partial charge in [0.15, 0.2) is 5.82 Å². The lowest BCUT2D eigenvalue weighted by Crippen LogP contribution is -2.42.